The zero-order valence-corrected chi connectivity index (χ0v) is 13.1. The molecule has 21 heavy (non-hydrogen) atoms. The summed E-state index contributed by atoms with van der Waals surface area (Å²) in [5, 5.41) is 7.77. The van der Waals surface area contributed by atoms with E-state index >= 15 is 0 Å². The van der Waals surface area contributed by atoms with Crippen LogP contribution in [-0.4, -0.2) is 15.1 Å². The van der Waals surface area contributed by atoms with Gasteiger partial charge in [0.1, 0.15) is 5.69 Å². The maximum atomic E-state index is 5.92. The second-order valence-corrected chi connectivity index (χ2v) is 5.50. The minimum Gasteiger partial charge on any atom is -0.376 e. The van der Waals surface area contributed by atoms with Crippen LogP contribution in [0.1, 0.15) is 5.89 Å². The molecule has 0 fully saturated rings. The number of aromatic nitrogens is 3. The molecule has 0 saturated heterocycles. The molecule has 2 aromatic heterocycles. The topological polar surface area (TPSA) is 63.8 Å². The quantitative estimate of drug-likeness (QED) is 0.752. The number of hydrogen-bond donors (Lipinski definition) is 1. The Balaban J connectivity index is 1.72. The van der Waals surface area contributed by atoms with Crippen LogP contribution in [0.4, 0.5) is 5.69 Å². The van der Waals surface area contributed by atoms with Crippen molar-refractivity contribution in [2.24, 2.45) is 0 Å². The first kappa shape index (κ1) is 14.0. The van der Waals surface area contributed by atoms with Crippen LogP contribution < -0.4 is 5.32 Å². The van der Waals surface area contributed by atoms with Gasteiger partial charge in [0, 0.05) is 21.4 Å². The molecule has 5 nitrogen and oxygen atoms in total. The highest BCUT2D eigenvalue weighted by Gasteiger charge is 2.12. The summed E-state index contributed by atoms with van der Waals surface area (Å²) in [4.78, 5) is 8.54. The Labute approximate surface area is 134 Å². The van der Waals surface area contributed by atoms with Crippen LogP contribution in [0, 0.1) is 0 Å². The van der Waals surface area contributed by atoms with E-state index in [0.29, 0.717) is 29.0 Å². The summed E-state index contributed by atoms with van der Waals surface area (Å²) in [6.45, 7) is 0.414. The van der Waals surface area contributed by atoms with Crippen LogP contribution in [0.5, 0.6) is 0 Å². The zero-order valence-electron chi connectivity index (χ0n) is 10.8. The summed E-state index contributed by atoms with van der Waals surface area (Å²) >= 11 is 9.33. The van der Waals surface area contributed by atoms with Crippen molar-refractivity contribution >= 4 is 33.2 Å². The lowest BCUT2D eigenvalue weighted by Crippen LogP contribution is -1.99. The maximum absolute atomic E-state index is 5.92. The van der Waals surface area contributed by atoms with Crippen molar-refractivity contribution in [3.05, 3.63) is 58.0 Å². The molecule has 0 atom stereocenters. The van der Waals surface area contributed by atoms with Gasteiger partial charge in [-0.15, -0.1) is 0 Å². The molecule has 1 N–H and O–H groups in total. The van der Waals surface area contributed by atoms with Gasteiger partial charge in [0.25, 0.3) is 0 Å². The van der Waals surface area contributed by atoms with Gasteiger partial charge in [0.2, 0.25) is 11.7 Å². The summed E-state index contributed by atoms with van der Waals surface area (Å²) in [6.07, 6.45) is 1.68. The van der Waals surface area contributed by atoms with Gasteiger partial charge in [0.05, 0.1) is 6.54 Å². The highest BCUT2D eigenvalue weighted by Crippen LogP contribution is 2.23. The number of anilines is 1. The van der Waals surface area contributed by atoms with Gasteiger partial charge in [0.15, 0.2) is 0 Å². The van der Waals surface area contributed by atoms with Crippen molar-refractivity contribution in [1.29, 1.82) is 0 Å². The third-order valence-electron chi connectivity index (χ3n) is 2.71. The van der Waals surface area contributed by atoms with E-state index in [2.05, 4.69) is 36.4 Å². The summed E-state index contributed by atoms with van der Waals surface area (Å²) in [7, 11) is 0. The van der Waals surface area contributed by atoms with Crippen LogP contribution in [0.3, 0.4) is 0 Å². The van der Waals surface area contributed by atoms with Crippen LogP contribution in [-0.2, 0) is 6.54 Å². The number of nitrogens with zero attached hydrogens (tertiary/aromatic N) is 3. The fourth-order valence-electron chi connectivity index (χ4n) is 1.75. The predicted octanol–water partition coefficient (Wildman–Crippen LogP) is 4.16. The van der Waals surface area contributed by atoms with Crippen molar-refractivity contribution in [1.82, 2.24) is 15.1 Å². The van der Waals surface area contributed by atoms with E-state index in [1.165, 1.54) is 0 Å². The highest BCUT2D eigenvalue weighted by molar-refractivity contribution is 9.10. The molecular weight excluding hydrogens is 356 g/mol. The number of benzene rings is 1. The fourth-order valence-corrected chi connectivity index (χ4v) is 2.37. The molecule has 3 aromatic rings. The molecule has 0 radical (unpaired) electrons. The predicted molar refractivity (Wildman–Crippen MR) is 84.0 cm³/mol. The summed E-state index contributed by atoms with van der Waals surface area (Å²) in [5.74, 6) is 0.924. The van der Waals surface area contributed by atoms with E-state index in [1.54, 1.807) is 6.20 Å². The summed E-state index contributed by atoms with van der Waals surface area (Å²) < 4.78 is 6.03. The average molecular weight is 366 g/mol. The van der Waals surface area contributed by atoms with Crippen LogP contribution in [0.15, 0.2) is 51.6 Å². The number of nitrogens with one attached hydrogen (secondary N) is 1. The first-order valence-corrected chi connectivity index (χ1v) is 7.32. The lowest BCUT2D eigenvalue weighted by Gasteiger charge is -2.02. The molecule has 2 heterocycles. The van der Waals surface area contributed by atoms with Gasteiger partial charge in [-0.25, -0.2) is 0 Å². The molecule has 0 aliphatic rings. The molecule has 0 aliphatic carbocycles. The third-order valence-corrected chi connectivity index (χ3v) is 3.58. The van der Waals surface area contributed by atoms with Gasteiger partial charge in [-0.05, 0) is 46.3 Å². The highest BCUT2D eigenvalue weighted by atomic mass is 79.9. The van der Waals surface area contributed by atoms with Crippen LogP contribution in [0.2, 0.25) is 5.02 Å². The average Bonchev–Trinajstić information content (AvgIpc) is 2.94. The van der Waals surface area contributed by atoms with E-state index in [1.807, 2.05) is 36.4 Å². The number of hydrogen-bond acceptors (Lipinski definition) is 5. The van der Waals surface area contributed by atoms with Crippen LogP contribution >= 0.6 is 27.5 Å². The second-order valence-electron chi connectivity index (χ2n) is 4.21. The Morgan fingerprint density at radius 2 is 2.14 bits per heavy atom. The Kier molecular flexibility index (Phi) is 4.17. The van der Waals surface area contributed by atoms with E-state index in [-0.39, 0.29) is 0 Å². The Bertz CT molecular complexity index is 762. The molecule has 0 aliphatic heterocycles. The van der Waals surface area contributed by atoms with Crippen LogP contribution in [0.25, 0.3) is 11.5 Å². The number of rotatable bonds is 4. The van der Waals surface area contributed by atoms with Gasteiger partial charge < -0.3 is 9.84 Å². The van der Waals surface area contributed by atoms with E-state index in [9.17, 15) is 0 Å². The minimum atomic E-state index is 0.414. The Hall–Kier alpha value is -1.92. The monoisotopic (exact) mass is 364 g/mol. The molecule has 3 rings (SSSR count). The molecular formula is C14H10BrClN4O. The first-order chi connectivity index (χ1) is 10.2. The Morgan fingerprint density at radius 3 is 2.95 bits per heavy atom. The molecule has 7 heteroatoms. The van der Waals surface area contributed by atoms with Gasteiger partial charge in [-0.2, -0.15) is 4.98 Å². The molecule has 0 bridgehead atoms. The van der Waals surface area contributed by atoms with Crippen molar-refractivity contribution < 1.29 is 4.52 Å². The minimum absolute atomic E-state index is 0.414. The first-order valence-electron chi connectivity index (χ1n) is 6.15. The lowest BCUT2D eigenvalue weighted by atomic mass is 10.3. The lowest BCUT2D eigenvalue weighted by molar-refractivity contribution is 0.384. The van der Waals surface area contributed by atoms with Gasteiger partial charge in [-0.3, -0.25) is 4.98 Å². The molecule has 106 valence electrons. The molecule has 0 saturated carbocycles. The number of halogens is 2. The maximum Gasteiger partial charge on any atom is 0.246 e. The molecule has 0 unspecified atom stereocenters. The fraction of sp³-hybridized carbons (Fsp3) is 0.0714. The van der Waals surface area contributed by atoms with Crippen molar-refractivity contribution in [3.8, 4) is 11.5 Å². The number of pyridine rings is 1. The zero-order chi connectivity index (χ0) is 14.7. The van der Waals surface area contributed by atoms with Crippen molar-refractivity contribution in [2.45, 2.75) is 6.54 Å². The molecule has 1 aromatic carbocycles. The van der Waals surface area contributed by atoms with Gasteiger partial charge >= 0.3 is 0 Å². The van der Waals surface area contributed by atoms with E-state index < -0.39 is 0 Å². The van der Waals surface area contributed by atoms with E-state index in [4.69, 9.17) is 16.1 Å². The SMILES string of the molecule is Clc1cccc(NCc2nc(-c3ncccc3Br)no2)c1. The Morgan fingerprint density at radius 1 is 1.24 bits per heavy atom. The molecule has 0 amide bonds. The second kappa shape index (κ2) is 6.24. The third kappa shape index (κ3) is 3.40. The van der Waals surface area contributed by atoms with E-state index in [0.717, 1.165) is 10.2 Å². The van der Waals surface area contributed by atoms with Crippen molar-refractivity contribution in [2.75, 3.05) is 5.32 Å². The summed E-state index contributed by atoms with van der Waals surface area (Å²) in [5.41, 5.74) is 1.54. The smallest absolute Gasteiger partial charge is 0.246 e. The molecule has 0 spiro atoms. The van der Waals surface area contributed by atoms with Crippen molar-refractivity contribution in [3.63, 3.8) is 0 Å². The standard InChI is InChI=1S/C14H10BrClN4O/c15-11-5-2-6-17-13(11)14-19-12(21-20-14)8-18-10-4-1-3-9(16)7-10/h1-7,18H,8H2. The van der Waals surface area contributed by atoms with Gasteiger partial charge in [-0.1, -0.05) is 22.8 Å². The normalized spacial score (nSPS) is 10.6. The largest absolute Gasteiger partial charge is 0.376 e. The summed E-state index contributed by atoms with van der Waals surface area (Å²) in [6, 6.07) is 11.1.